The summed E-state index contributed by atoms with van der Waals surface area (Å²) < 4.78 is 0. The standard InChI is InChI=1S/C14H15N3O/c18-8-7-15-14-12-6-5-10-3-1-2-4-11(10)13(12)16-9-17-14/h1-4,9,18H,5-8H2,(H,15,16,17). The van der Waals surface area contributed by atoms with Gasteiger partial charge in [-0.05, 0) is 18.4 Å². The van der Waals surface area contributed by atoms with Crippen molar-refractivity contribution >= 4 is 5.82 Å². The van der Waals surface area contributed by atoms with Gasteiger partial charge in [0.2, 0.25) is 0 Å². The number of hydrogen-bond acceptors (Lipinski definition) is 4. The summed E-state index contributed by atoms with van der Waals surface area (Å²) in [6.07, 6.45) is 3.55. The highest BCUT2D eigenvalue weighted by atomic mass is 16.3. The van der Waals surface area contributed by atoms with Crippen LogP contribution in [0.4, 0.5) is 5.82 Å². The van der Waals surface area contributed by atoms with Gasteiger partial charge in [0.05, 0.1) is 12.3 Å². The van der Waals surface area contributed by atoms with E-state index in [1.807, 2.05) is 6.07 Å². The maximum atomic E-state index is 8.88. The summed E-state index contributed by atoms with van der Waals surface area (Å²) in [5, 5.41) is 12.0. The van der Waals surface area contributed by atoms with Gasteiger partial charge in [-0.15, -0.1) is 0 Å². The van der Waals surface area contributed by atoms with Gasteiger partial charge in [-0.3, -0.25) is 0 Å². The van der Waals surface area contributed by atoms with E-state index in [2.05, 4.69) is 33.5 Å². The van der Waals surface area contributed by atoms with Gasteiger partial charge in [0.25, 0.3) is 0 Å². The number of aromatic nitrogens is 2. The first-order valence-corrected chi connectivity index (χ1v) is 6.17. The van der Waals surface area contributed by atoms with Gasteiger partial charge in [-0.1, -0.05) is 24.3 Å². The minimum atomic E-state index is 0.107. The maximum Gasteiger partial charge on any atom is 0.133 e. The second-order valence-electron chi connectivity index (χ2n) is 4.36. The first kappa shape index (κ1) is 11.2. The van der Waals surface area contributed by atoms with E-state index in [4.69, 9.17) is 5.11 Å². The largest absolute Gasteiger partial charge is 0.395 e. The molecular formula is C14H15N3O. The average Bonchev–Trinajstić information content (AvgIpc) is 2.44. The van der Waals surface area contributed by atoms with Gasteiger partial charge in [-0.2, -0.15) is 0 Å². The van der Waals surface area contributed by atoms with Gasteiger partial charge < -0.3 is 10.4 Å². The Morgan fingerprint density at radius 3 is 2.94 bits per heavy atom. The molecule has 3 rings (SSSR count). The number of fused-ring (bicyclic) bond motifs is 3. The minimum absolute atomic E-state index is 0.107. The predicted molar refractivity (Wildman–Crippen MR) is 70.5 cm³/mol. The van der Waals surface area contributed by atoms with Crippen LogP contribution in [0.5, 0.6) is 0 Å². The Kier molecular flexibility index (Phi) is 2.94. The molecule has 0 atom stereocenters. The number of benzene rings is 1. The smallest absolute Gasteiger partial charge is 0.133 e. The highest BCUT2D eigenvalue weighted by Gasteiger charge is 2.19. The number of aliphatic hydroxyl groups is 1. The van der Waals surface area contributed by atoms with Crippen molar-refractivity contribution in [1.29, 1.82) is 0 Å². The van der Waals surface area contributed by atoms with Crippen molar-refractivity contribution in [3.63, 3.8) is 0 Å². The minimum Gasteiger partial charge on any atom is -0.395 e. The van der Waals surface area contributed by atoms with Crippen LogP contribution in [0.15, 0.2) is 30.6 Å². The molecular weight excluding hydrogens is 226 g/mol. The molecule has 1 heterocycles. The van der Waals surface area contributed by atoms with Crippen molar-refractivity contribution in [2.24, 2.45) is 0 Å². The van der Waals surface area contributed by atoms with E-state index in [1.54, 1.807) is 6.33 Å². The van der Waals surface area contributed by atoms with E-state index in [9.17, 15) is 0 Å². The Labute approximate surface area is 106 Å². The second-order valence-corrected chi connectivity index (χ2v) is 4.36. The molecule has 18 heavy (non-hydrogen) atoms. The lowest BCUT2D eigenvalue weighted by molar-refractivity contribution is 0.311. The van der Waals surface area contributed by atoms with Gasteiger partial charge in [-0.25, -0.2) is 9.97 Å². The molecule has 0 unspecified atom stereocenters. The summed E-state index contributed by atoms with van der Waals surface area (Å²) in [7, 11) is 0. The molecule has 2 N–H and O–H groups in total. The Balaban J connectivity index is 2.07. The van der Waals surface area contributed by atoms with Gasteiger partial charge in [0.1, 0.15) is 12.1 Å². The van der Waals surface area contributed by atoms with Crippen LogP contribution in [-0.2, 0) is 12.8 Å². The average molecular weight is 241 g/mol. The summed E-state index contributed by atoms with van der Waals surface area (Å²) >= 11 is 0. The van der Waals surface area contributed by atoms with E-state index in [0.29, 0.717) is 6.54 Å². The third kappa shape index (κ3) is 1.84. The SMILES string of the molecule is OCCNc1ncnc2c1CCc1ccccc1-2. The molecule has 0 radical (unpaired) electrons. The van der Waals surface area contributed by atoms with Crippen LogP contribution >= 0.6 is 0 Å². The lowest BCUT2D eigenvalue weighted by Crippen LogP contribution is -2.14. The Hall–Kier alpha value is -1.94. The molecule has 2 aromatic rings. The topological polar surface area (TPSA) is 58.0 Å². The molecule has 1 aromatic heterocycles. The summed E-state index contributed by atoms with van der Waals surface area (Å²) in [5.74, 6) is 0.851. The summed E-state index contributed by atoms with van der Waals surface area (Å²) in [6, 6.07) is 8.37. The van der Waals surface area contributed by atoms with Gasteiger partial charge in [0.15, 0.2) is 0 Å². The zero-order valence-corrected chi connectivity index (χ0v) is 10.1. The van der Waals surface area contributed by atoms with Gasteiger partial charge in [0, 0.05) is 17.7 Å². The molecule has 1 aromatic carbocycles. The lowest BCUT2D eigenvalue weighted by atomic mass is 9.89. The number of hydrogen-bond donors (Lipinski definition) is 2. The number of anilines is 1. The van der Waals surface area contributed by atoms with E-state index >= 15 is 0 Å². The maximum absolute atomic E-state index is 8.88. The van der Waals surface area contributed by atoms with Crippen LogP contribution in [0.2, 0.25) is 0 Å². The van der Waals surface area contributed by atoms with Crippen molar-refractivity contribution in [3.05, 3.63) is 41.7 Å². The van der Waals surface area contributed by atoms with Crippen LogP contribution in [0.1, 0.15) is 11.1 Å². The monoisotopic (exact) mass is 241 g/mol. The normalized spacial score (nSPS) is 12.7. The number of aryl methyl sites for hydroxylation is 1. The molecule has 0 spiro atoms. The summed E-state index contributed by atoms with van der Waals surface area (Å²) in [5.41, 5.74) is 4.72. The van der Waals surface area contributed by atoms with E-state index in [0.717, 1.165) is 29.9 Å². The molecule has 4 heteroatoms. The molecule has 0 saturated heterocycles. The Bertz CT molecular complexity index is 569. The molecule has 0 fully saturated rings. The summed E-state index contributed by atoms with van der Waals surface area (Å²) in [4.78, 5) is 8.68. The lowest BCUT2D eigenvalue weighted by Gasteiger charge is -2.20. The van der Waals surface area contributed by atoms with Crippen LogP contribution in [-0.4, -0.2) is 28.2 Å². The molecule has 4 nitrogen and oxygen atoms in total. The fourth-order valence-corrected chi connectivity index (χ4v) is 2.44. The fraction of sp³-hybridized carbons (Fsp3) is 0.286. The number of rotatable bonds is 3. The zero-order chi connectivity index (χ0) is 12.4. The Morgan fingerprint density at radius 2 is 2.06 bits per heavy atom. The molecule has 0 amide bonds. The molecule has 1 aliphatic rings. The molecule has 0 bridgehead atoms. The number of nitrogens with one attached hydrogen (secondary N) is 1. The van der Waals surface area contributed by atoms with Crippen LogP contribution in [0.25, 0.3) is 11.3 Å². The third-order valence-electron chi connectivity index (χ3n) is 3.27. The zero-order valence-electron chi connectivity index (χ0n) is 10.1. The molecule has 92 valence electrons. The van der Waals surface area contributed by atoms with E-state index < -0.39 is 0 Å². The third-order valence-corrected chi connectivity index (χ3v) is 3.27. The van der Waals surface area contributed by atoms with E-state index in [-0.39, 0.29) is 6.61 Å². The highest BCUT2D eigenvalue weighted by Crippen LogP contribution is 2.34. The van der Waals surface area contributed by atoms with Crippen LogP contribution in [0, 0.1) is 0 Å². The Morgan fingerprint density at radius 1 is 1.17 bits per heavy atom. The van der Waals surface area contributed by atoms with Crippen LogP contribution < -0.4 is 5.32 Å². The fourth-order valence-electron chi connectivity index (χ4n) is 2.44. The predicted octanol–water partition coefficient (Wildman–Crippen LogP) is 1.65. The second kappa shape index (κ2) is 4.74. The van der Waals surface area contributed by atoms with E-state index in [1.165, 1.54) is 11.1 Å². The van der Waals surface area contributed by atoms with Crippen molar-refractivity contribution in [2.45, 2.75) is 12.8 Å². The number of aliphatic hydroxyl groups excluding tert-OH is 1. The first-order valence-electron chi connectivity index (χ1n) is 6.17. The van der Waals surface area contributed by atoms with Crippen molar-refractivity contribution in [3.8, 4) is 11.3 Å². The molecule has 0 aliphatic heterocycles. The highest BCUT2D eigenvalue weighted by molar-refractivity contribution is 5.73. The quantitative estimate of drug-likeness (QED) is 0.857. The first-order chi connectivity index (χ1) is 8.90. The van der Waals surface area contributed by atoms with Gasteiger partial charge >= 0.3 is 0 Å². The van der Waals surface area contributed by atoms with Crippen molar-refractivity contribution < 1.29 is 5.11 Å². The molecule has 0 saturated carbocycles. The summed E-state index contributed by atoms with van der Waals surface area (Å²) in [6.45, 7) is 0.625. The van der Waals surface area contributed by atoms with Crippen LogP contribution in [0.3, 0.4) is 0 Å². The van der Waals surface area contributed by atoms with Crippen molar-refractivity contribution in [2.75, 3.05) is 18.5 Å². The number of nitrogens with zero attached hydrogens (tertiary/aromatic N) is 2. The molecule has 1 aliphatic carbocycles. The van der Waals surface area contributed by atoms with Crippen molar-refractivity contribution in [1.82, 2.24) is 9.97 Å².